The van der Waals surface area contributed by atoms with Gasteiger partial charge in [-0.1, -0.05) is 25.2 Å². The van der Waals surface area contributed by atoms with E-state index >= 15 is 0 Å². The maximum atomic E-state index is 5.95. The molecule has 1 fully saturated rings. The smallest absolute Gasteiger partial charge is 0.134 e. The van der Waals surface area contributed by atoms with Gasteiger partial charge in [0, 0.05) is 12.5 Å². The molecule has 1 aromatic rings. The molecule has 0 aromatic carbocycles. The van der Waals surface area contributed by atoms with Crippen LogP contribution < -0.4 is 5.73 Å². The minimum absolute atomic E-state index is 0.0358. The van der Waals surface area contributed by atoms with E-state index < -0.39 is 0 Å². The summed E-state index contributed by atoms with van der Waals surface area (Å²) in [5, 5.41) is 10.5. The molecule has 0 saturated carbocycles. The van der Waals surface area contributed by atoms with Gasteiger partial charge in [-0.25, -0.2) is 0 Å². The summed E-state index contributed by atoms with van der Waals surface area (Å²) in [6.45, 7) is 5.07. The van der Waals surface area contributed by atoms with Gasteiger partial charge in [-0.3, -0.25) is 0 Å². The van der Waals surface area contributed by atoms with Crippen LogP contribution in [0.25, 0.3) is 0 Å². The van der Waals surface area contributed by atoms with Crippen LogP contribution in [-0.2, 0) is 4.74 Å². The van der Waals surface area contributed by atoms with Crippen molar-refractivity contribution in [2.45, 2.75) is 51.2 Å². The van der Waals surface area contributed by atoms with E-state index in [1.54, 1.807) is 11.3 Å². The van der Waals surface area contributed by atoms with Gasteiger partial charge in [-0.15, -0.1) is 10.2 Å². The lowest BCUT2D eigenvalue weighted by atomic mass is 10.0. The van der Waals surface area contributed by atoms with Crippen molar-refractivity contribution in [1.82, 2.24) is 10.2 Å². The molecule has 0 aliphatic carbocycles. The lowest BCUT2D eigenvalue weighted by Crippen LogP contribution is -2.12. The first-order chi connectivity index (χ1) is 7.76. The molecule has 1 aliphatic heterocycles. The number of aromatic nitrogens is 2. The highest BCUT2D eigenvalue weighted by Crippen LogP contribution is 2.35. The Balaban J connectivity index is 2.12. The molecular formula is C11H19N3OS. The van der Waals surface area contributed by atoms with Crippen LogP contribution >= 0.6 is 11.3 Å². The van der Waals surface area contributed by atoms with Crippen LogP contribution in [0.5, 0.6) is 0 Å². The lowest BCUT2D eigenvalue weighted by molar-refractivity contribution is 0.100. The van der Waals surface area contributed by atoms with Crippen LogP contribution in [0.15, 0.2) is 0 Å². The van der Waals surface area contributed by atoms with E-state index in [2.05, 4.69) is 24.0 Å². The fraction of sp³-hybridized carbons (Fsp3) is 0.818. The predicted octanol–water partition coefficient (Wildman–Crippen LogP) is 2.23. The standard InChI is InChI=1S/C11H19N3OS/c1-3-8(12)11-14-13-10(16-11)7-5-6-15-9(7)4-2/h7-9H,3-6,12H2,1-2H3. The third kappa shape index (κ3) is 2.26. The maximum absolute atomic E-state index is 5.95. The second-order valence-corrected chi connectivity index (χ2v) is 5.25. The van der Waals surface area contributed by atoms with Crippen LogP contribution in [0.1, 0.15) is 55.1 Å². The molecule has 0 radical (unpaired) electrons. The number of ether oxygens (including phenoxy) is 1. The first-order valence-corrected chi connectivity index (χ1v) is 6.78. The van der Waals surface area contributed by atoms with Gasteiger partial charge in [-0.2, -0.15) is 0 Å². The average Bonchev–Trinajstić information content (AvgIpc) is 2.95. The van der Waals surface area contributed by atoms with Crippen LogP contribution in [0.3, 0.4) is 0 Å². The fourth-order valence-electron chi connectivity index (χ4n) is 2.05. The summed E-state index contributed by atoms with van der Waals surface area (Å²) in [6.07, 6.45) is 3.33. The minimum Gasteiger partial charge on any atom is -0.377 e. The molecule has 5 heteroatoms. The molecule has 0 bridgehead atoms. The minimum atomic E-state index is 0.0358. The third-order valence-electron chi connectivity index (χ3n) is 3.14. The van der Waals surface area contributed by atoms with E-state index in [9.17, 15) is 0 Å². The molecule has 90 valence electrons. The Morgan fingerprint density at radius 3 is 3.00 bits per heavy atom. The highest BCUT2D eigenvalue weighted by Gasteiger charge is 2.31. The molecule has 2 rings (SSSR count). The van der Waals surface area contributed by atoms with E-state index in [1.807, 2.05) is 0 Å². The molecule has 3 atom stereocenters. The summed E-state index contributed by atoms with van der Waals surface area (Å²) < 4.78 is 5.67. The lowest BCUT2D eigenvalue weighted by Gasteiger charge is -2.13. The van der Waals surface area contributed by atoms with Crippen molar-refractivity contribution < 1.29 is 4.74 Å². The van der Waals surface area contributed by atoms with Crippen LogP contribution in [0, 0.1) is 0 Å². The molecular weight excluding hydrogens is 222 g/mol. The van der Waals surface area contributed by atoms with E-state index in [0.29, 0.717) is 12.0 Å². The van der Waals surface area contributed by atoms with E-state index in [-0.39, 0.29) is 6.04 Å². The van der Waals surface area contributed by atoms with Crippen LogP contribution in [0.2, 0.25) is 0 Å². The molecule has 0 amide bonds. The monoisotopic (exact) mass is 241 g/mol. The van der Waals surface area contributed by atoms with Crippen molar-refractivity contribution in [3.63, 3.8) is 0 Å². The largest absolute Gasteiger partial charge is 0.377 e. The SMILES string of the molecule is CCC(N)c1nnc(C2CCOC2CC)s1. The van der Waals surface area contributed by atoms with Crippen LogP contribution in [0.4, 0.5) is 0 Å². The fourth-order valence-corrected chi connectivity index (χ4v) is 3.17. The number of hydrogen-bond acceptors (Lipinski definition) is 5. The van der Waals surface area contributed by atoms with Gasteiger partial charge < -0.3 is 10.5 Å². The highest BCUT2D eigenvalue weighted by atomic mass is 32.1. The van der Waals surface area contributed by atoms with Gasteiger partial charge in [0.2, 0.25) is 0 Å². The molecule has 2 N–H and O–H groups in total. The zero-order valence-electron chi connectivity index (χ0n) is 9.85. The summed E-state index contributed by atoms with van der Waals surface area (Å²) in [7, 11) is 0. The quantitative estimate of drug-likeness (QED) is 0.878. The summed E-state index contributed by atoms with van der Waals surface area (Å²) in [4.78, 5) is 0. The van der Waals surface area contributed by atoms with Crippen molar-refractivity contribution >= 4 is 11.3 Å². The molecule has 1 aromatic heterocycles. The Labute approximate surface area is 100 Å². The van der Waals surface area contributed by atoms with Gasteiger partial charge >= 0.3 is 0 Å². The van der Waals surface area contributed by atoms with Crippen LogP contribution in [-0.4, -0.2) is 22.9 Å². The van der Waals surface area contributed by atoms with Gasteiger partial charge in [-0.05, 0) is 19.3 Å². The van der Waals surface area contributed by atoms with Gasteiger partial charge in [0.25, 0.3) is 0 Å². The van der Waals surface area contributed by atoms with Crippen molar-refractivity contribution in [3.05, 3.63) is 10.0 Å². The number of rotatable bonds is 4. The summed E-state index contributed by atoms with van der Waals surface area (Å²) in [5.41, 5.74) is 5.95. The Kier molecular flexibility index (Phi) is 3.89. The second kappa shape index (κ2) is 5.21. The second-order valence-electron chi connectivity index (χ2n) is 4.21. The zero-order chi connectivity index (χ0) is 11.5. The van der Waals surface area contributed by atoms with E-state index in [1.165, 1.54) is 0 Å². The molecule has 0 spiro atoms. The summed E-state index contributed by atoms with van der Waals surface area (Å²) >= 11 is 1.65. The van der Waals surface area contributed by atoms with Gasteiger partial charge in [0.1, 0.15) is 10.0 Å². The Hall–Kier alpha value is -0.520. The molecule has 3 unspecified atom stereocenters. The van der Waals surface area contributed by atoms with Crippen molar-refractivity contribution in [2.75, 3.05) is 6.61 Å². The highest BCUT2D eigenvalue weighted by molar-refractivity contribution is 7.11. The third-order valence-corrected chi connectivity index (χ3v) is 4.33. The Bertz CT molecular complexity index is 342. The van der Waals surface area contributed by atoms with E-state index in [0.717, 1.165) is 35.9 Å². The zero-order valence-corrected chi connectivity index (χ0v) is 10.7. The molecule has 1 aliphatic rings. The van der Waals surface area contributed by atoms with Crippen molar-refractivity contribution in [1.29, 1.82) is 0 Å². The molecule has 4 nitrogen and oxygen atoms in total. The maximum Gasteiger partial charge on any atom is 0.134 e. The normalized spacial score (nSPS) is 27.2. The molecule has 2 heterocycles. The first kappa shape index (κ1) is 12.0. The average molecular weight is 241 g/mol. The predicted molar refractivity (Wildman–Crippen MR) is 64.5 cm³/mol. The number of nitrogens with zero attached hydrogens (tertiary/aromatic N) is 2. The number of hydrogen-bond donors (Lipinski definition) is 1. The first-order valence-electron chi connectivity index (χ1n) is 5.96. The van der Waals surface area contributed by atoms with E-state index in [4.69, 9.17) is 10.5 Å². The summed E-state index contributed by atoms with van der Waals surface area (Å²) in [5.74, 6) is 0.431. The Morgan fingerprint density at radius 1 is 1.50 bits per heavy atom. The van der Waals surface area contributed by atoms with Crippen molar-refractivity contribution in [3.8, 4) is 0 Å². The molecule has 1 saturated heterocycles. The Morgan fingerprint density at radius 2 is 2.31 bits per heavy atom. The summed E-state index contributed by atoms with van der Waals surface area (Å²) in [6, 6.07) is 0.0358. The van der Waals surface area contributed by atoms with Crippen molar-refractivity contribution in [2.24, 2.45) is 5.73 Å². The molecule has 16 heavy (non-hydrogen) atoms. The number of nitrogens with two attached hydrogens (primary N) is 1. The van der Waals surface area contributed by atoms with Gasteiger partial charge in [0.05, 0.1) is 12.1 Å². The van der Waals surface area contributed by atoms with Gasteiger partial charge in [0.15, 0.2) is 0 Å². The topological polar surface area (TPSA) is 61.0 Å².